The molecular formula is C22H34F3IN4O2. The first-order chi connectivity index (χ1) is 14.9. The highest BCUT2D eigenvalue weighted by molar-refractivity contribution is 14.0. The van der Waals surface area contributed by atoms with Crippen LogP contribution in [0.2, 0.25) is 0 Å². The molecule has 1 aromatic rings. The van der Waals surface area contributed by atoms with Crippen molar-refractivity contribution in [2.45, 2.75) is 50.9 Å². The minimum atomic E-state index is -4.14. The summed E-state index contributed by atoms with van der Waals surface area (Å²) in [6, 6.07) is 5.83. The van der Waals surface area contributed by atoms with E-state index in [1.165, 1.54) is 17.7 Å². The number of halogens is 4. The highest BCUT2D eigenvalue weighted by Gasteiger charge is 2.34. The van der Waals surface area contributed by atoms with Gasteiger partial charge in [-0.1, -0.05) is 12.1 Å². The van der Waals surface area contributed by atoms with Gasteiger partial charge in [0.15, 0.2) is 17.5 Å². The summed E-state index contributed by atoms with van der Waals surface area (Å²) < 4.78 is 49.5. The third kappa shape index (κ3) is 8.17. The maximum absolute atomic E-state index is 12.6. The number of likely N-dealkylation sites (tertiary alicyclic amines) is 1. The highest BCUT2D eigenvalue weighted by Crippen LogP contribution is 2.34. The van der Waals surface area contributed by atoms with Crippen molar-refractivity contribution < 1.29 is 22.6 Å². The highest BCUT2D eigenvalue weighted by atomic mass is 127. The SMILES string of the molecule is CN=C(NCc1cccc(OC)c1OC1CCCC1)NCC1CCN(CC(F)(F)F)C1.I. The molecule has 1 unspecified atom stereocenters. The number of hydrogen-bond donors (Lipinski definition) is 2. The van der Waals surface area contributed by atoms with Crippen LogP contribution in [0.1, 0.15) is 37.7 Å². The average Bonchev–Trinajstić information content (AvgIpc) is 3.39. The molecule has 32 heavy (non-hydrogen) atoms. The molecule has 2 N–H and O–H groups in total. The summed E-state index contributed by atoms with van der Waals surface area (Å²) in [5.74, 6) is 2.26. The van der Waals surface area contributed by atoms with Gasteiger partial charge in [-0.05, 0) is 50.6 Å². The van der Waals surface area contributed by atoms with Crippen molar-refractivity contribution in [1.29, 1.82) is 0 Å². The van der Waals surface area contributed by atoms with Crippen molar-refractivity contribution in [2.24, 2.45) is 10.9 Å². The molecule has 6 nitrogen and oxygen atoms in total. The summed E-state index contributed by atoms with van der Waals surface area (Å²) in [5.41, 5.74) is 0.978. The second kappa shape index (κ2) is 12.7. The van der Waals surface area contributed by atoms with Gasteiger partial charge < -0.3 is 20.1 Å². The first-order valence-corrected chi connectivity index (χ1v) is 10.9. The number of nitrogens with zero attached hydrogens (tertiary/aromatic N) is 2. The Morgan fingerprint density at radius 3 is 2.59 bits per heavy atom. The van der Waals surface area contributed by atoms with Crippen molar-refractivity contribution in [3.63, 3.8) is 0 Å². The van der Waals surface area contributed by atoms with Gasteiger partial charge in [0.05, 0.1) is 19.8 Å². The van der Waals surface area contributed by atoms with E-state index in [4.69, 9.17) is 9.47 Å². The van der Waals surface area contributed by atoms with Gasteiger partial charge in [0.25, 0.3) is 0 Å². The zero-order valence-electron chi connectivity index (χ0n) is 18.7. The molecule has 0 amide bonds. The summed E-state index contributed by atoms with van der Waals surface area (Å²) in [6.45, 7) is 1.17. The smallest absolute Gasteiger partial charge is 0.401 e. The zero-order valence-corrected chi connectivity index (χ0v) is 21.0. The minimum Gasteiger partial charge on any atom is -0.493 e. The van der Waals surface area contributed by atoms with Crippen LogP contribution >= 0.6 is 24.0 Å². The third-order valence-electron chi connectivity index (χ3n) is 5.87. The third-order valence-corrected chi connectivity index (χ3v) is 5.87. The van der Waals surface area contributed by atoms with Crippen LogP contribution in [-0.2, 0) is 6.54 Å². The Balaban J connectivity index is 0.00000363. The van der Waals surface area contributed by atoms with Crippen molar-refractivity contribution in [3.05, 3.63) is 23.8 Å². The van der Waals surface area contributed by atoms with Crippen LogP contribution in [0.3, 0.4) is 0 Å². The Morgan fingerprint density at radius 1 is 1.19 bits per heavy atom. The van der Waals surface area contributed by atoms with E-state index >= 15 is 0 Å². The number of ether oxygens (including phenoxy) is 2. The number of aliphatic imine (C=N–C) groups is 1. The molecule has 1 saturated carbocycles. The Kier molecular flexibility index (Phi) is 10.7. The summed E-state index contributed by atoms with van der Waals surface area (Å²) in [7, 11) is 3.32. The fourth-order valence-electron chi connectivity index (χ4n) is 4.29. The van der Waals surface area contributed by atoms with Crippen LogP contribution < -0.4 is 20.1 Å². The Labute approximate surface area is 205 Å². The van der Waals surface area contributed by atoms with Gasteiger partial charge in [-0.3, -0.25) is 9.89 Å². The van der Waals surface area contributed by atoms with Gasteiger partial charge in [0.2, 0.25) is 0 Å². The molecule has 0 bridgehead atoms. The van der Waals surface area contributed by atoms with E-state index in [1.54, 1.807) is 14.2 Å². The van der Waals surface area contributed by atoms with Crippen molar-refractivity contribution in [2.75, 3.05) is 40.3 Å². The van der Waals surface area contributed by atoms with Gasteiger partial charge in [0, 0.05) is 32.2 Å². The summed E-state index contributed by atoms with van der Waals surface area (Å²) >= 11 is 0. The van der Waals surface area contributed by atoms with Crippen LogP contribution in [0.25, 0.3) is 0 Å². The standard InChI is InChI=1S/C22H33F3N4O2.HI/c1-26-21(27-12-16-10-11-29(14-16)15-22(23,24)25)28-13-17-6-5-9-19(30-2)20(17)31-18-7-3-4-8-18;/h5-6,9,16,18H,3-4,7-8,10-15H2,1-2H3,(H2,26,27,28);1H. The van der Waals surface area contributed by atoms with Gasteiger partial charge in [0.1, 0.15) is 0 Å². The monoisotopic (exact) mass is 570 g/mol. The molecule has 1 heterocycles. The maximum Gasteiger partial charge on any atom is 0.401 e. The molecule has 2 aliphatic rings. The lowest BCUT2D eigenvalue weighted by Gasteiger charge is -2.21. The number of rotatable bonds is 8. The van der Waals surface area contributed by atoms with Gasteiger partial charge in [-0.15, -0.1) is 24.0 Å². The van der Waals surface area contributed by atoms with E-state index in [0.717, 1.165) is 30.6 Å². The zero-order chi connectivity index (χ0) is 22.3. The van der Waals surface area contributed by atoms with Gasteiger partial charge >= 0.3 is 6.18 Å². The quantitative estimate of drug-likeness (QED) is 0.279. The predicted molar refractivity (Wildman–Crippen MR) is 130 cm³/mol. The van der Waals surface area contributed by atoms with Gasteiger partial charge in [-0.25, -0.2) is 0 Å². The summed E-state index contributed by atoms with van der Waals surface area (Å²) in [4.78, 5) is 5.71. The maximum atomic E-state index is 12.6. The molecule has 182 valence electrons. The first kappa shape index (κ1) is 26.8. The first-order valence-electron chi connectivity index (χ1n) is 10.9. The van der Waals surface area contributed by atoms with E-state index < -0.39 is 12.7 Å². The Morgan fingerprint density at radius 2 is 1.94 bits per heavy atom. The largest absolute Gasteiger partial charge is 0.493 e. The number of benzene rings is 1. The minimum absolute atomic E-state index is 0. The predicted octanol–water partition coefficient (Wildman–Crippen LogP) is 4.18. The fourth-order valence-corrected chi connectivity index (χ4v) is 4.29. The van der Waals surface area contributed by atoms with Crippen LogP contribution in [0.15, 0.2) is 23.2 Å². The van der Waals surface area contributed by atoms with Crippen LogP contribution in [-0.4, -0.2) is 63.5 Å². The van der Waals surface area contributed by atoms with E-state index in [-0.39, 0.29) is 36.0 Å². The van der Waals surface area contributed by atoms with Crippen molar-refractivity contribution in [1.82, 2.24) is 15.5 Å². The van der Waals surface area contributed by atoms with Crippen molar-refractivity contribution in [3.8, 4) is 11.5 Å². The molecule has 1 saturated heterocycles. The average molecular weight is 570 g/mol. The van der Waals surface area contributed by atoms with E-state index in [2.05, 4.69) is 15.6 Å². The van der Waals surface area contributed by atoms with E-state index in [0.29, 0.717) is 37.9 Å². The van der Waals surface area contributed by atoms with Crippen LogP contribution in [0.5, 0.6) is 11.5 Å². The van der Waals surface area contributed by atoms with E-state index in [1.807, 2.05) is 18.2 Å². The number of alkyl halides is 3. The number of hydrogen-bond acceptors (Lipinski definition) is 4. The number of methoxy groups -OCH3 is 1. The molecule has 1 aliphatic carbocycles. The number of guanidine groups is 1. The molecule has 3 rings (SSSR count). The number of para-hydroxylation sites is 1. The molecule has 0 spiro atoms. The molecule has 2 fully saturated rings. The number of nitrogens with one attached hydrogen (secondary N) is 2. The molecule has 0 radical (unpaired) electrons. The van der Waals surface area contributed by atoms with Gasteiger partial charge in [-0.2, -0.15) is 13.2 Å². The molecular weight excluding hydrogens is 536 g/mol. The van der Waals surface area contributed by atoms with Crippen LogP contribution in [0, 0.1) is 5.92 Å². The lowest BCUT2D eigenvalue weighted by Crippen LogP contribution is -2.40. The topological polar surface area (TPSA) is 58.1 Å². The molecule has 1 aliphatic heterocycles. The second-order valence-electron chi connectivity index (χ2n) is 8.28. The lowest BCUT2D eigenvalue weighted by molar-refractivity contribution is -0.143. The van der Waals surface area contributed by atoms with E-state index in [9.17, 15) is 13.2 Å². The molecule has 1 atom stereocenters. The van der Waals surface area contributed by atoms with Crippen LogP contribution in [0.4, 0.5) is 13.2 Å². The molecule has 10 heteroatoms. The Bertz CT molecular complexity index is 742. The normalized spacial score (nSPS) is 20.2. The fraction of sp³-hybridized carbons (Fsp3) is 0.682. The second-order valence-corrected chi connectivity index (χ2v) is 8.28. The lowest BCUT2D eigenvalue weighted by atomic mass is 10.1. The van der Waals surface area contributed by atoms with Crippen molar-refractivity contribution >= 4 is 29.9 Å². The summed E-state index contributed by atoms with van der Waals surface area (Å²) in [6.07, 6.45) is 1.30. The summed E-state index contributed by atoms with van der Waals surface area (Å²) in [5, 5.41) is 6.53. The molecule has 0 aromatic heterocycles. The Hall–Kier alpha value is -1.43. The molecule has 1 aromatic carbocycles.